The van der Waals surface area contributed by atoms with Crippen LogP contribution in [0.4, 0.5) is 0 Å². The molecule has 1 heterocycles. The second-order valence-corrected chi connectivity index (χ2v) is 22.3. The molecule has 0 aromatic carbocycles. The van der Waals surface area contributed by atoms with Gasteiger partial charge in [0.1, 0.15) is 30.5 Å². The number of carbonyl (C=O) groups excluding carboxylic acids is 1. The lowest BCUT2D eigenvalue weighted by molar-refractivity contribution is -0.302. The number of unbranched alkanes of at least 4 members (excludes halogenated alkanes) is 42. The van der Waals surface area contributed by atoms with Gasteiger partial charge in [0.25, 0.3) is 0 Å². The molecule has 10 nitrogen and oxygen atoms in total. The van der Waals surface area contributed by atoms with Crippen molar-refractivity contribution in [1.29, 1.82) is 0 Å². The standard InChI is InChI=1S/C63H121NO9/c1-3-5-7-9-11-13-15-17-18-19-20-21-22-23-24-25-26-27-28-29-30-31-32-33-34-35-36-37-38-39-40-42-44-46-48-50-52-57(67)62(71)64-55(54-72-63-61(70)60(69)59(68)58(53-65)73-63)56(66)51-49-47-45-43-41-16-14-12-10-8-6-4-2/h27-28,49,51,55-61,63,65-70H,3-26,29-48,50,52-54H2,1-2H3,(H,64,71)/b28-27-,51-49+. The molecule has 0 aromatic heterocycles. The van der Waals surface area contributed by atoms with Gasteiger partial charge in [0.2, 0.25) is 5.91 Å². The van der Waals surface area contributed by atoms with E-state index in [0.29, 0.717) is 6.42 Å². The number of aliphatic hydroxyl groups is 6. The van der Waals surface area contributed by atoms with Crippen molar-refractivity contribution < 1.29 is 44.9 Å². The number of hydrogen-bond donors (Lipinski definition) is 7. The lowest BCUT2D eigenvalue weighted by Crippen LogP contribution is -2.60. The molecule has 73 heavy (non-hydrogen) atoms. The molecule has 1 amide bonds. The maximum absolute atomic E-state index is 13.1. The lowest BCUT2D eigenvalue weighted by Gasteiger charge is -2.40. The van der Waals surface area contributed by atoms with Gasteiger partial charge in [0.05, 0.1) is 25.4 Å². The quantitative estimate of drug-likeness (QED) is 0.0232. The van der Waals surface area contributed by atoms with Gasteiger partial charge in [0, 0.05) is 0 Å². The highest BCUT2D eigenvalue weighted by Crippen LogP contribution is 2.23. The lowest BCUT2D eigenvalue weighted by atomic mass is 9.99. The van der Waals surface area contributed by atoms with E-state index in [0.717, 1.165) is 44.9 Å². The molecule has 0 saturated carbocycles. The minimum absolute atomic E-state index is 0.303. The number of hydrogen-bond acceptors (Lipinski definition) is 9. The molecular formula is C63H121NO9. The Hall–Kier alpha value is -1.37. The Morgan fingerprint density at radius 3 is 1.15 bits per heavy atom. The Morgan fingerprint density at radius 1 is 0.466 bits per heavy atom. The SMILES string of the molecule is CCCCCCCCCCCC/C=C/C(O)C(COC1OC(CO)C(O)C(O)C1O)NC(=O)C(O)CCCCCCCCCCCCCCCCCC/C=C\CCCCCCCCCCCCCCCCCC. The molecule has 432 valence electrons. The maximum atomic E-state index is 13.1. The molecule has 8 atom stereocenters. The molecule has 0 bridgehead atoms. The fourth-order valence-electron chi connectivity index (χ4n) is 10.3. The third-order valence-corrected chi connectivity index (χ3v) is 15.4. The second-order valence-electron chi connectivity index (χ2n) is 22.3. The molecule has 8 unspecified atom stereocenters. The van der Waals surface area contributed by atoms with Crippen LogP contribution in [0.2, 0.25) is 0 Å². The van der Waals surface area contributed by atoms with E-state index in [1.54, 1.807) is 6.08 Å². The van der Waals surface area contributed by atoms with E-state index >= 15 is 0 Å². The van der Waals surface area contributed by atoms with Gasteiger partial charge < -0.3 is 45.4 Å². The molecule has 1 aliphatic heterocycles. The minimum atomic E-state index is -1.61. The Morgan fingerprint density at radius 2 is 0.795 bits per heavy atom. The maximum Gasteiger partial charge on any atom is 0.249 e. The molecule has 1 aliphatic rings. The first-order chi connectivity index (χ1) is 35.8. The third-order valence-electron chi connectivity index (χ3n) is 15.4. The van der Waals surface area contributed by atoms with Crippen LogP contribution in [0.5, 0.6) is 0 Å². The molecule has 0 aromatic rings. The van der Waals surface area contributed by atoms with E-state index in [2.05, 4.69) is 31.3 Å². The minimum Gasteiger partial charge on any atom is -0.394 e. The van der Waals surface area contributed by atoms with Crippen LogP contribution in [0.25, 0.3) is 0 Å². The highest BCUT2D eigenvalue weighted by atomic mass is 16.7. The normalized spacial score (nSPS) is 19.6. The van der Waals surface area contributed by atoms with Gasteiger partial charge in [-0.05, 0) is 44.9 Å². The highest BCUT2D eigenvalue weighted by molar-refractivity contribution is 5.80. The number of amides is 1. The Bertz CT molecular complexity index is 1220. The molecular weight excluding hydrogens is 915 g/mol. The Labute approximate surface area is 450 Å². The van der Waals surface area contributed by atoms with Crippen LogP contribution in [0.3, 0.4) is 0 Å². The fourth-order valence-corrected chi connectivity index (χ4v) is 10.3. The van der Waals surface area contributed by atoms with Crippen LogP contribution in [-0.4, -0.2) is 98.7 Å². The van der Waals surface area contributed by atoms with Crippen molar-refractivity contribution in [2.24, 2.45) is 0 Å². The number of ether oxygens (including phenoxy) is 2. The number of aliphatic hydroxyl groups excluding tert-OH is 6. The summed E-state index contributed by atoms with van der Waals surface area (Å²) in [5.74, 6) is -0.612. The topological polar surface area (TPSA) is 169 Å². The summed E-state index contributed by atoms with van der Waals surface area (Å²) in [7, 11) is 0. The third kappa shape index (κ3) is 41.4. The van der Waals surface area contributed by atoms with Crippen molar-refractivity contribution in [3.63, 3.8) is 0 Å². The van der Waals surface area contributed by atoms with Gasteiger partial charge in [-0.1, -0.05) is 289 Å². The molecule has 0 spiro atoms. The summed E-state index contributed by atoms with van der Waals surface area (Å²) in [5.41, 5.74) is 0. The first kappa shape index (κ1) is 69.6. The van der Waals surface area contributed by atoms with Gasteiger partial charge in [-0.2, -0.15) is 0 Å². The molecule has 0 aliphatic carbocycles. The molecule has 1 fully saturated rings. The van der Waals surface area contributed by atoms with Crippen molar-refractivity contribution in [2.45, 2.75) is 358 Å². The largest absolute Gasteiger partial charge is 0.394 e. The summed E-state index contributed by atoms with van der Waals surface area (Å²) in [6.45, 7) is 3.63. The van der Waals surface area contributed by atoms with Crippen LogP contribution in [-0.2, 0) is 14.3 Å². The fraction of sp³-hybridized carbons (Fsp3) is 0.921. The zero-order valence-electron chi connectivity index (χ0n) is 47.8. The summed E-state index contributed by atoms with van der Waals surface area (Å²) in [6.07, 6.45) is 57.5. The number of allylic oxidation sites excluding steroid dienone is 3. The molecule has 7 N–H and O–H groups in total. The zero-order chi connectivity index (χ0) is 53.1. The van der Waals surface area contributed by atoms with Crippen molar-refractivity contribution in [3.05, 3.63) is 24.3 Å². The van der Waals surface area contributed by atoms with Gasteiger partial charge in [-0.25, -0.2) is 0 Å². The monoisotopic (exact) mass is 1040 g/mol. The summed E-state index contributed by atoms with van der Waals surface area (Å²) >= 11 is 0. The predicted octanol–water partition coefficient (Wildman–Crippen LogP) is 15.1. The first-order valence-corrected chi connectivity index (χ1v) is 31.7. The van der Waals surface area contributed by atoms with Crippen molar-refractivity contribution >= 4 is 5.91 Å². The van der Waals surface area contributed by atoms with Gasteiger partial charge in [-0.3, -0.25) is 4.79 Å². The Balaban J connectivity index is 2.08. The first-order valence-electron chi connectivity index (χ1n) is 31.7. The van der Waals surface area contributed by atoms with Crippen LogP contribution < -0.4 is 5.32 Å². The highest BCUT2D eigenvalue weighted by Gasteiger charge is 2.44. The number of nitrogens with one attached hydrogen (secondary N) is 1. The van der Waals surface area contributed by atoms with E-state index in [1.807, 2.05) is 6.08 Å². The molecule has 1 saturated heterocycles. The van der Waals surface area contributed by atoms with Gasteiger partial charge in [-0.15, -0.1) is 0 Å². The smallest absolute Gasteiger partial charge is 0.249 e. The van der Waals surface area contributed by atoms with E-state index in [9.17, 15) is 35.4 Å². The average molecular weight is 1040 g/mol. The Kier molecular flexibility index (Phi) is 50.3. The predicted molar refractivity (Wildman–Crippen MR) is 306 cm³/mol. The second kappa shape index (κ2) is 52.7. The number of rotatable bonds is 55. The molecule has 1 rings (SSSR count). The number of carbonyl (C=O) groups is 1. The van der Waals surface area contributed by atoms with Crippen LogP contribution >= 0.6 is 0 Å². The zero-order valence-corrected chi connectivity index (χ0v) is 47.8. The summed E-state index contributed by atoms with van der Waals surface area (Å²) in [5, 5.41) is 65.0. The van der Waals surface area contributed by atoms with E-state index < -0.39 is 61.5 Å². The van der Waals surface area contributed by atoms with E-state index in [4.69, 9.17) is 9.47 Å². The molecule has 0 radical (unpaired) electrons. The summed E-state index contributed by atoms with van der Waals surface area (Å²) in [6, 6.07) is -0.977. The van der Waals surface area contributed by atoms with Gasteiger partial charge >= 0.3 is 0 Å². The van der Waals surface area contributed by atoms with Crippen molar-refractivity contribution in [3.8, 4) is 0 Å². The van der Waals surface area contributed by atoms with Crippen molar-refractivity contribution in [2.75, 3.05) is 13.2 Å². The van der Waals surface area contributed by atoms with Crippen LogP contribution in [0, 0.1) is 0 Å². The van der Waals surface area contributed by atoms with Gasteiger partial charge in [0.15, 0.2) is 6.29 Å². The average Bonchev–Trinajstić information content (AvgIpc) is 3.39. The van der Waals surface area contributed by atoms with Crippen molar-refractivity contribution in [1.82, 2.24) is 5.32 Å². The van der Waals surface area contributed by atoms with E-state index in [-0.39, 0.29) is 6.61 Å². The van der Waals surface area contributed by atoms with E-state index in [1.165, 1.54) is 244 Å². The van der Waals surface area contributed by atoms with Crippen LogP contribution in [0.1, 0.15) is 309 Å². The molecule has 10 heteroatoms. The summed E-state index contributed by atoms with van der Waals surface area (Å²) in [4.78, 5) is 13.1. The van der Waals surface area contributed by atoms with Crippen LogP contribution in [0.15, 0.2) is 24.3 Å². The summed E-state index contributed by atoms with van der Waals surface area (Å²) < 4.78 is 11.2.